The lowest BCUT2D eigenvalue weighted by Crippen LogP contribution is -2.10. The topological polar surface area (TPSA) is 39.2 Å². The average Bonchev–Trinajstić information content (AvgIpc) is 2.18. The first-order chi connectivity index (χ1) is 6.25. The monoisotopic (exact) mass is 243 g/mol. The highest BCUT2D eigenvalue weighted by molar-refractivity contribution is 9.09. The molecule has 0 fully saturated rings. The largest absolute Gasteiger partial charge is 0.465 e. The molecule has 0 aliphatic heterocycles. The van der Waals surface area contributed by atoms with Crippen LogP contribution in [0.4, 0.5) is 0 Å². The molecule has 0 N–H and O–H groups in total. The zero-order valence-electron chi connectivity index (χ0n) is 7.24. The van der Waals surface area contributed by atoms with Gasteiger partial charge in [0.2, 0.25) is 0 Å². The van der Waals surface area contributed by atoms with Crippen LogP contribution >= 0.6 is 15.9 Å². The molecule has 0 amide bonds. The number of pyridine rings is 1. The van der Waals surface area contributed by atoms with Crippen molar-refractivity contribution in [1.82, 2.24) is 4.98 Å². The van der Waals surface area contributed by atoms with Gasteiger partial charge in [-0.1, -0.05) is 15.9 Å². The molecule has 1 aromatic heterocycles. The highest BCUT2D eigenvalue weighted by Crippen LogP contribution is 2.22. The Kier molecular flexibility index (Phi) is 3.89. The van der Waals surface area contributed by atoms with E-state index >= 15 is 0 Å². The summed E-state index contributed by atoms with van der Waals surface area (Å²) in [6, 6.07) is 3.55. The third-order valence-corrected chi connectivity index (χ3v) is 2.39. The second-order valence-corrected chi connectivity index (χ2v) is 3.31. The van der Waals surface area contributed by atoms with E-state index in [1.54, 1.807) is 31.5 Å². The van der Waals surface area contributed by atoms with Crippen molar-refractivity contribution in [2.75, 3.05) is 6.61 Å². The Labute approximate surface area is 85.3 Å². The van der Waals surface area contributed by atoms with Gasteiger partial charge in [0.15, 0.2) is 0 Å². The van der Waals surface area contributed by atoms with Crippen LogP contribution < -0.4 is 0 Å². The molecule has 0 unspecified atom stereocenters. The first-order valence-electron chi connectivity index (χ1n) is 3.96. The second kappa shape index (κ2) is 4.97. The molecule has 0 saturated heterocycles. The third-order valence-electron chi connectivity index (χ3n) is 1.49. The van der Waals surface area contributed by atoms with Crippen LogP contribution in [0.3, 0.4) is 0 Å². The fourth-order valence-electron chi connectivity index (χ4n) is 0.884. The van der Waals surface area contributed by atoms with Crippen LogP contribution in [0.2, 0.25) is 0 Å². The molecule has 1 rings (SSSR count). The van der Waals surface area contributed by atoms with Crippen molar-refractivity contribution in [3.8, 4) is 0 Å². The fourth-order valence-corrected chi connectivity index (χ4v) is 1.32. The molecule has 0 aliphatic rings. The molecular weight excluding hydrogens is 234 g/mol. The summed E-state index contributed by atoms with van der Waals surface area (Å²) in [6.07, 6.45) is 3.28. The van der Waals surface area contributed by atoms with Crippen molar-refractivity contribution < 1.29 is 9.53 Å². The van der Waals surface area contributed by atoms with E-state index in [9.17, 15) is 4.79 Å². The summed E-state index contributed by atoms with van der Waals surface area (Å²) in [5.41, 5.74) is 0.855. The Hall–Kier alpha value is -0.900. The van der Waals surface area contributed by atoms with E-state index in [2.05, 4.69) is 20.9 Å². The van der Waals surface area contributed by atoms with Crippen molar-refractivity contribution in [2.45, 2.75) is 11.8 Å². The maximum atomic E-state index is 11.3. The van der Waals surface area contributed by atoms with Crippen molar-refractivity contribution in [1.29, 1.82) is 0 Å². The van der Waals surface area contributed by atoms with Crippen molar-refractivity contribution in [3.63, 3.8) is 0 Å². The number of nitrogens with zero attached hydrogens (tertiary/aromatic N) is 1. The summed E-state index contributed by atoms with van der Waals surface area (Å²) in [5.74, 6) is -0.270. The minimum atomic E-state index is -0.393. The van der Waals surface area contributed by atoms with E-state index in [0.29, 0.717) is 6.61 Å². The molecular formula is C9H10BrNO2. The summed E-state index contributed by atoms with van der Waals surface area (Å²) in [7, 11) is 0. The number of alkyl halides is 1. The highest BCUT2D eigenvalue weighted by atomic mass is 79.9. The number of esters is 1. The van der Waals surface area contributed by atoms with E-state index in [4.69, 9.17) is 4.74 Å². The predicted molar refractivity (Wildman–Crippen MR) is 52.5 cm³/mol. The summed E-state index contributed by atoms with van der Waals surface area (Å²) in [6.45, 7) is 2.18. The molecule has 3 nitrogen and oxygen atoms in total. The number of ether oxygens (including phenoxy) is 1. The van der Waals surface area contributed by atoms with E-state index < -0.39 is 4.83 Å². The molecule has 0 saturated carbocycles. The summed E-state index contributed by atoms with van der Waals surface area (Å²) < 4.78 is 4.85. The van der Waals surface area contributed by atoms with Gasteiger partial charge in [0, 0.05) is 12.4 Å². The standard InChI is InChI=1S/C9H10BrNO2/c1-2-13-9(12)8(10)7-3-5-11-6-4-7/h3-6,8H,2H2,1H3/t8-/m1/s1. The molecule has 1 atom stereocenters. The maximum Gasteiger partial charge on any atom is 0.324 e. The van der Waals surface area contributed by atoms with Crippen molar-refractivity contribution in [2.24, 2.45) is 0 Å². The van der Waals surface area contributed by atoms with Gasteiger partial charge < -0.3 is 4.74 Å². The summed E-state index contributed by atoms with van der Waals surface area (Å²) >= 11 is 3.25. The van der Waals surface area contributed by atoms with Gasteiger partial charge in [0.25, 0.3) is 0 Å². The molecule has 0 aliphatic carbocycles. The van der Waals surface area contributed by atoms with Crippen LogP contribution in [0.1, 0.15) is 17.3 Å². The van der Waals surface area contributed by atoms with Gasteiger partial charge in [-0.2, -0.15) is 0 Å². The number of rotatable bonds is 3. The molecule has 0 radical (unpaired) electrons. The van der Waals surface area contributed by atoms with Crippen LogP contribution in [-0.4, -0.2) is 17.6 Å². The fraction of sp³-hybridized carbons (Fsp3) is 0.333. The van der Waals surface area contributed by atoms with E-state index in [1.165, 1.54) is 0 Å². The van der Waals surface area contributed by atoms with Gasteiger partial charge in [0.1, 0.15) is 4.83 Å². The average molecular weight is 244 g/mol. The molecule has 1 heterocycles. The van der Waals surface area contributed by atoms with Crippen LogP contribution in [0.5, 0.6) is 0 Å². The molecule has 0 bridgehead atoms. The number of carbonyl (C=O) groups is 1. The third kappa shape index (κ3) is 2.81. The second-order valence-electron chi connectivity index (χ2n) is 2.40. The minimum absolute atomic E-state index is 0.270. The van der Waals surface area contributed by atoms with E-state index in [0.717, 1.165) is 5.56 Å². The number of hydrogen-bond donors (Lipinski definition) is 0. The Bertz CT molecular complexity index is 276. The van der Waals surface area contributed by atoms with Crippen LogP contribution in [0.15, 0.2) is 24.5 Å². The lowest BCUT2D eigenvalue weighted by molar-refractivity contribution is -0.142. The van der Waals surface area contributed by atoms with Crippen molar-refractivity contribution >= 4 is 21.9 Å². The smallest absolute Gasteiger partial charge is 0.324 e. The first-order valence-corrected chi connectivity index (χ1v) is 4.88. The van der Waals surface area contributed by atoms with Gasteiger partial charge in [-0.15, -0.1) is 0 Å². The number of carbonyl (C=O) groups excluding carboxylic acids is 1. The van der Waals surface area contributed by atoms with Gasteiger partial charge in [-0.25, -0.2) is 0 Å². The predicted octanol–water partition coefficient (Wildman–Crippen LogP) is 2.08. The number of aromatic nitrogens is 1. The molecule has 1 aromatic rings. The van der Waals surface area contributed by atoms with Crippen LogP contribution in [0.25, 0.3) is 0 Å². The normalized spacial score (nSPS) is 12.2. The SMILES string of the molecule is CCOC(=O)[C@H](Br)c1ccncc1. The first kappa shape index (κ1) is 10.2. The van der Waals surface area contributed by atoms with Crippen LogP contribution in [0, 0.1) is 0 Å². The zero-order chi connectivity index (χ0) is 9.68. The Morgan fingerprint density at radius 2 is 2.23 bits per heavy atom. The Balaban J connectivity index is 2.68. The number of hydrogen-bond acceptors (Lipinski definition) is 3. The molecule has 0 spiro atoms. The van der Waals surface area contributed by atoms with Crippen LogP contribution in [-0.2, 0) is 9.53 Å². The molecule has 4 heteroatoms. The molecule has 13 heavy (non-hydrogen) atoms. The Morgan fingerprint density at radius 1 is 1.62 bits per heavy atom. The van der Waals surface area contributed by atoms with Gasteiger partial charge in [-0.05, 0) is 24.6 Å². The lowest BCUT2D eigenvalue weighted by atomic mass is 10.2. The molecule has 70 valence electrons. The number of halogens is 1. The van der Waals surface area contributed by atoms with E-state index in [-0.39, 0.29) is 5.97 Å². The van der Waals surface area contributed by atoms with Gasteiger partial charge in [-0.3, -0.25) is 9.78 Å². The Morgan fingerprint density at radius 3 is 2.77 bits per heavy atom. The highest BCUT2D eigenvalue weighted by Gasteiger charge is 2.17. The maximum absolute atomic E-state index is 11.3. The van der Waals surface area contributed by atoms with E-state index in [1.807, 2.05) is 0 Å². The quantitative estimate of drug-likeness (QED) is 0.603. The molecule has 0 aromatic carbocycles. The van der Waals surface area contributed by atoms with Gasteiger partial charge in [0.05, 0.1) is 6.61 Å². The lowest BCUT2D eigenvalue weighted by Gasteiger charge is -2.07. The van der Waals surface area contributed by atoms with Crippen molar-refractivity contribution in [3.05, 3.63) is 30.1 Å². The zero-order valence-corrected chi connectivity index (χ0v) is 8.82. The minimum Gasteiger partial charge on any atom is -0.465 e. The summed E-state index contributed by atoms with van der Waals surface area (Å²) in [4.78, 5) is 14.7. The summed E-state index contributed by atoms with van der Waals surface area (Å²) in [5, 5.41) is 0. The van der Waals surface area contributed by atoms with Gasteiger partial charge >= 0.3 is 5.97 Å².